The van der Waals surface area contributed by atoms with Gasteiger partial charge in [0.05, 0.1) is 0 Å². The number of benzene rings is 3. The summed E-state index contributed by atoms with van der Waals surface area (Å²) in [5.41, 5.74) is 1.62. The van der Waals surface area contributed by atoms with Gasteiger partial charge < -0.3 is 10.1 Å². The summed E-state index contributed by atoms with van der Waals surface area (Å²) in [6.07, 6.45) is -0.619. The lowest BCUT2D eigenvalue weighted by molar-refractivity contribution is -0.122. The summed E-state index contributed by atoms with van der Waals surface area (Å²) in [6, 6.07) is 19.2. The lowest BCUT2D eigenvalue weighted by atomic mass is 10.1. The van der Waals surface area contributed by atoms with E-state index < -0.39 is 6.10 Å². The van der Waals surface area contributed by atoms with Crippen LogP contribution in [0.1, 0.15) is 12.5 Å². The Bertz CT molecular complexity index is 892. The van der Waals surface area contributed by atoms with Crippen molar-refractivity contribution in [2.24, 2.45) is 0 Å². The van der Waals surface area contributed by atoms with E-state index in [2.05, 4.69) is 5.32 Å². The Labute approximate surface area is 146 Å². The van der Waals surface area contributed by atoms with Crippen LogP contribution in [0.2, 0.25) is 5.02 Å². The number of aryl methyl sites for hydroxylation is 1. The van der Waals surface area contributed by atoms with Crippen LogP contribution in [0.4, 0.5) is 5.69 Å². The van der Waals surface area contributed by atoms with Gasteiger partial charge in [-0.1, -0.05) is 48.0 Å². The van der Waals surface area contributed by atoms with Crippen molar-refractivity contribution >= 4 is 34.0 Å². The van der Waals surface area contributed by atoms with Crippen LogP contribution < -0.4 is 10.1 Å². The largest absolute Gasteiger partial charge is 0.481 e. The summed E-state index contributed by atoms with van der Waals surface area (Å²) in [4.78, 5) is 12.3. The van der Waals surface area contributed by atoms with Crippen LogP contribution >= 0.6 is 11.6 Å². The third-order valence-electron chi connectivity index (χ3n) is 3.84. The fraction of sp³-hybridized carbons (Fsp3) is 0.150. The van der Waals surface area contributed by atoms with Crippen molar-refractivity contribution in [2.75, 3.05) is 5.32 Å². The van der Waals surface area contributed by atoms with Gasteiger partial charge in [-0.3, -0.25) is 4.79 Å². The highest BCUT2D eigenvalue weighted by molar-refractivity contribution is 6.31. The van der Waals surface area contributed by atoms with E-state index in [0.717, 1.165) is 16.3 Å². The summed E-state index contributed by atoms with van der Waals surface area (Å²) in [6.45, 7) is 3.64. The Morgan fingerprint density at radius 2 is 1.79 bits per heavy atom. The molecule has 0 radical (unpaired) electrons. The molecule has 1 atom stereocenters. The standard InChI is InChI=1S/C20H18ClNO2/c1-13-7-9-17(12-19(13)21)22-20(23)14(2)24-18-10-8-15-5-3-4-6-16(15)11-18/h3-12,14H,1-2H3,(H,22,23). The van der Waals surface area contributed by atoms with Crippen LogP contribution in [-0.4, -0.2) is 12.0 Å². The van der Waals surface area contributed by atoms with Crippen molar-refractivity contribution in [2.45, 2.75) is 20.0 Å². The first-order valence-corrected chi connectivity index (χ1v) is 8.13. The first kappa shape index (κ1) is 16.3. The second-order valence-corrected chi connectivity index (χ2v) is 6.13. The number of carbonyl (C=O) groups excluding carboxylic acids is 1. The second-order valence-electron chi connectivity index (χ2n) is 5.72. The van der Waals surface area contributed by atoms with Gasteiger partial charge in [0.2, 0.25) is 0 Å². The van der Waals surface area contributed by atoms with Gasteiger partial charge in [-0.2, -0.15) is 0 Å². The number of ether oxygens (including phenoxy) is 1. The normalized spacial score (nSPS) is 12.0. The molecular formula is C20H18ClNO2. The van der Waals surface area contributed by atoms with Crippen molar-refractivity contribution < 1.29 is 9.53 Å². The molecule has 0 aliphatic heterocycles. The molecule has 0 bridgehead atoms. The molecule has 0 saturated carbocycles. The Kier molecular flexibility index (Phi) is 4.72. The van der Waals surface area contributed by atoms with Crippen LogP contribution in [0.15, 0.2) is 60.7 Å². The second kappa shape index (κ2) is 6.93. The number of amides is 1. The number of fused-ring (bicyclic) bond motifs is 1. The number of anilines is 1. The molecule has 0 heterocycles. The fourth-order valence-corrected chi connectivity index (χ4v) is 2.59. The zero-order valence-corrected chi connectivity index (χ0v) is 14.3. The van der Waals surface area contributed by atoms with E-state index in [4.69, 9.17) is 16.3 Å². The molecule has 3 rings (SSSR count). The monoisotopic (exact) mass is 339 g/mol. The highest BCUT2D eigenvalue weighted by Gasteiger charge is 2.15. The summed E-state index contributed by atoms with van der Waals surface area (Å²) >= 11 is 6.08. The molecule has 0 aliphatic rings. The average molecular weight is 340 g/mol. The maximum absolute atomic E-state index is 12.3. The minimum absolute atomic E-state index is 0.219. The molecule has 0 aromatic heterocycles. The number of halogens is 1. The molecule has 122 valence electrons. The minimum atomic E-state index is -0.619. The number of carbonyl (C=O) groups is 1. The molecule has 3 aromatic carbocycles. The minimum Gasteiger partial charge on any atom is -0.481 e. The molecule has 1 N–H and O–H groups in total. The summed E-state index contributed by atoms with van der Waals surface area (Å²) in [5, 5.41) is 5.65. The quantitative estimate of drug-likeness (QED) is 0.708. The van der Waals surface area contributed by atoms with Crippen molar-refractivity contribution in [1.82, 2.24) is 0 Å². The van der Waals surface area contributed by atoms with E-state index in [9.17, 15) is 4.79 Å². The van der Waals surface area contributed by atoms with Gasteiger partial charge in [0.25, 0.3) is 5.91 Å². The van der Waals surface area contributed by atoms with Crippen LogP contribution in [0, 0.1) is 6.92 Å². The van der Waals surface area contributed by atoms with Crippen molar-refractivity contribution in [3.8, 4) is 5.75 Å². The molecule has 0 fully saturated rings. The van der Waals surface area contributed by atoms with Crippen LogP contribution in [-0.2, 0) is 4.79 Å². The molecule has 1 unspecified atom stereocenters. The fourth-order valence-electron chi connectivity index (χ4n) is 2.41. The van der Waals surface area contributed by atoms with Gasteiger partial charge in [-0.15, -0.1) is 0 Å². The zero-order valence-electron chi connectivity index (χ0n) is 13.5. The summed E-state index contributed by atoms with van der Waals surface area (Å²) in [5.74, 6) is 0.446. The molecule has 4 heteroatoms. The van der Waals surface area contributed by atoms with Crippen LogP contribution in [0.25, 0.3) is 10.8 Å². The first-order chi connectivity index (χ1) is 11.5. The Morgan fingerprint density at radius 3 is 2.54 bits per heavy atom. The third-order valence-corrected chi connectivity index (χ3v) is 4.25. The van der Waals surface area contributed by atoms with E-state index in [-0.39, 0.29) is 5.91 Å². The lowest BCUT2D eigenvalue weighted by Gasteiger charge is -2.15. The van der Waals surface area contributed by atoms with Gasteiger partial charge in [0.15, 0.2) is 6.10 Å². The zero-order chi connectivity index (χ0) is 17.1. The summed E-state index contributed by atoms with van der Waals surface area (Å²) < 4.78 is 5.77. The SMILES string of the molecule is Cc1ccc(NC(=O)C(C)Oc2ccc3ccccc3c2)cc1Cl. The number of rotatable bonds is 4. The lowest BCUT2D eigenvalue weighted by Crippen LogP contribution is -2.30. The maximum Gasteiger partial charge on any atom is 0.265 e. The Morgan fingerprint density at radius 1 is 1.04 bits per heavy atom. The highest BCUT2D eigenvalue weighted by Crippen LogP contribution is 2.23. The molecule has 0 spiro atoms. The van der Waals surface area contributed by atoms with Gasteiger partial charge >= 0.3 is 0 Å². The molecule has 0 aliphatic carbocycles. The molecular weight excluding hydrogens is 322 g/mol. The molecule has 3 aromatic rings. The molecule has 0 saturated heterocycles. The first-order valence-electron chi connectivity index (χ1n) is 7.75. The Balaban J connectivity index is 1.69. The van der Waals surface area contributed by atoms with Gasteiger partial charge in [0, 0.05) is 10.7 Å². The van der Waals surface area contributed by atoms with E-state index >= 15 is 0 Å². The number of nitrogens with one attached hydrogen (secondary N) is 1. The van der Waals surface area contributed by atoms with Gasteiger partial charge in [-0.25, -0.2) is 0 Å². The van der Waals surface area contributed by atoms with E-state index in [0.29, 0.717) is 16.5 Å². The van der Waals surface area contributed by atoms with E-state index in [1.165, 1.54) is 0 Å². The number of hydrogen-bond donors (Lipinski definition) is 1. The predicted octanol–water partition coefficient (Wildman–Crippen LogP) is 5.21. The molecule has 1 amide bonds. The third kappa shape index (κ3) is 3.69. The van der Waals surface area contributed by atoms with Gasteiger partial charge in [0.1, 0.15) is 5.75 Å². The molecule has 3 nitrogen and oxygen atoms in total. The van der Waals surface area contributed by atoms with Crippen molar-refractivity contribution in [1.29, 1.82) is 0 Å². The van der Waals surface area contributed by atoms with E-state index in [1.54, 1.807) is 13.0 Å². The van der Waals surface area contributed by atoms with Crippen molar-refractivity contribution in [3.05, 3.63) is 71.2 Å². The average Bonchev–Trinajstić information content (AvgIpc) is 2.58. The predicted molar refractivity (Wildman–Crippen MR) is 98.9 cm³/mol. The molecule has 24 heavy (non-hydrogen) atoms. The number of hydrogen-bond acceptors (Lipinski definition) is 2. The summed E-state index contributed by atoms with van der Waals surface area (Å²) in [7, 11) is 0. The van der Waals surface area contributed by atoms with E-state index in [1.807, 2.05) is 61.5 Å². The Hall–Kier alpha value is -2.52. The topological polar surface area (TPSA) is 38.3 Å². The van der Waals surface area contributed by atoms with Gasteiger partial charge in [-0.05, 0) is 54.4 Å². The van der Waals surface area contributed by atoms with Crippen molar-refractivity contribution in [3.63, 3.8) is 0 Å². The maximum atomic E-state index is 12.3. The van der Waals surface area contributed by atoms with Crippen LogP contribution in [0.5, 0.6) is 5.75 Å². The highest BCUT2D eigenvalue weighted by atomic mass is 35.5. The van der Waals surface area contributed by atoms with Crippen LogP contribution in [0.3, 0.4) is 0 Å². The smallest absolute Gasteiger partial charge is 0.265 e.